The van der Waals surface area contributed by atoms with E-state index >= 15 is 0 Å². The Morgan fingerprint density at radius 1 is 1.19 bits per heavy atom. The monoisotopic (exact) mass is 286 g/mol. The molecule has 0 aliphatic heterocycles. The average molecular weight is 286 g/mol. The molecular weight excluding hydrogens is 267 g/mol. The second-order valence-electron chi connectivity index (χ2n) is 4.72. The number of ether oxygens (including phenoxy) is 1. The van der Waals surface area contributed by atoms with Crippen molar-refractivity contribution in [3.05, 3.63) is 65.5 Å². The minimum atomic E-state index is -0.373. The summed E-state index contributed by atoms with van der Waals surface area (Å²) < 4.78 is 21.0. The molecule has 4 heteroatoms. The van der Waals surface area contributed by atoms with Gasteiger partial charge in [0.05, 0.1) is 5.69 Å². The number of benzene rings is 1. The van der Waals surface area contributed by atoms with Crippen LogP contribution in [0.15, 0.2) is 54.2 Å². The Hall–Kier alpha value is -2.36. The van der Waals surface area contributed by atoms with Gasteiger partial charge in [-0.05, 0) is 69.7 Å². The summed E-state index contributed by atoms with van der Waals surface area (Å²) in [6, 6.07) is 7.56. The predicted molar refractivity (Wildman–Crippen MR) is 82.3 cm³/mol. The maximum absolute atomic E-state index is 13.6. The van der Waals surface area contributed by atoms with Crippen LogP contribution in [0.1, 0.15) is 25.1 Å². The summed E-state index contributed by atoms with van der Waals surface area (Å²) in [5.41, 5.74) is 3.05. The lowest BCUT2D eigenvalue weighted by atomic mass is 10.2. The Morgan fingerprint density at radius 2 is 1.95 bits per heavy atom. The summed E-state index contributed by atoms with van der Waals surface area (Å²) >= 11 is 0. The van der Waals surface area contributed by atoms with Crippen molar-refractivity contribution < 1.29 is 9.13 Å². The van der Waals surface area contributed by atoms with Gasteiger partial charge in [-0.15, -0.1) is 0 Å². The topological polar surface area (TPSA) is 27.1 Å². The summed E-state index contributed by atoms with van der Waals surface area (Å²) in [6.45, 7) is 7.35. The van der Waals surface area contributed by atoms with Crippen LogP contribution in [0, 0.1) is 13.8 Å². The largest absolute Gasteiger partial charge is 0.455 e. The average Bonchev–Trinajstić information content (AvgIpc) is 2.90. The molecule has 110 valence electrons. The van der Waals surface area contributed by atoms with E-state index in [1.807, 2.05) is 42.8 Å². The van der Waals surface area contributed by atoms with Gasteiger partial charge >= 0.3 is 0 Å². The van der Waals surface area contributed by atoms with Crippen molar-refractivity contribution in [3.63, 3.8) is 0 Å². The van der Waals surface area contributed by atoms with Crippen LogP contribution in [0.5, 0.6) is 5.75 Å². The van der Waals surface area contributed by atoms with Crippen molar-refractivity contribution in [3.8, 4) is 11.4 Å². The van der Waals surface area contributed by atoms with Gasteiger partial charge in [0, 0.05) is 11.9 Å². The van der Waals surface area contributed by atoms with Crippen LogP contribution in [0.4, 0.5) is 4.39 Å². The summed E-state index contributed by atoms with van der Waals surface area (Å²) in [4.78, 5) is 0. The molecule has 0 radical (unpaired) electrons. The molecule has 1 aromatic carbocycles. The summed E-state index contributed by atoms with van der Waals surface area (Å²) in [5, 5.41) is 4.29. The summed E-state index contributed by atoms with van der Waals surface area (Å²) in [6.07, 6.45) is 4.75. The summed E-state index contributed by atoms with van der Waals surface area (Å²) in [7, 11) is 0. The van der Waals surface area contributed by atoms with E-state index in [2.05, 4.69) is 5.10 Å². The van der Waals surface area contributed by atoms with Gasteiger partial charge in [0.25, 0.3) is 0 Å². The lowest BCUT2D eigenvalue weighted by Gasteiger charge is -2.12. The molecule has 1 heterocycles. The minimum absolute atomic E-state index is 0.222. The Bertz CT molecular complexity index is 699. The van der Waals surface area contributed by atoms with Crippen LogP contribution in [0.2, 0.25) is 0 Å². The predicted octanol–water partition coefficient (Wildman–Crippen LogP) is 4.65. The molecule has 0 amide bonds. The molecule has 0 saturated carbocycles. The van der Waals surface area contributed by atoms with Gasteiger partial charge in [-0.1, -0.05) is 0 Å². The van der Waals surface area contributed by atoms with Gasteiger partial charge in [0.2, 0.25) is 0 Å². The van der Waals surface area contributed by atoms with E-state index in [0.717, 1.165) is 16.9 Å². The van der Waals surface area contributed by atoms with E-state index in [1.54, 1.807) is 26.1 Å². The molecule has 3 nitrogen and oxygen atoms in total. The molecule has 21 heavy (non-hydrogen) atoms. The minimum Gasteiger partial charge on any atom is -0.455 e. The number of allylic oxidation sites excluding steroid dienone is 3. The van der Waals surface area contributed by atoms with Crippen LogP contribution < -0.4 is 4.74 Å². The van der Waals surface area contributed by atoms with Crippen LogP contribution in [-0.2, 0) is 0 Å². The smallest absolute Gasteiger partial charge is 0.161 e. The molecule has 1 aromatic heterocycles. The molecule has 0 bridgehead atoms. The standard InChI is InChI=1S/C17H19FN2O/c1-5-15(18)17(6-2)21-14-7-8-16(12(3)11-14)20-13(4)9-10-19-20/h5-11H,1-4H3/b15-5+,17-6+. The first-order valence-corrected chi connectivity index (χ1v) is 6.84. The van der Waals surface area contributed by atoms with Gasteiger partial charge in [0.1, 0.15) is 5.75 Å². The number of halogens is 1. The molecule has 2 rings (SSSR count). The second-order valence-corrected chi connectivity index (χ2v) is 4.72. The number of rotatable bonds is 4. The normalized spacial score (nSPS) is 12.6. The first-order valence-electron chi connectivity index (χ1n) is 6.84. The molecule has 0 N–H and O–H groups in total. The van der Waals surface area contributed by atoms with Gasteiger partial charge in [-0.3, -0.25) is 0 Å². The Morgan fingerprint density at radius 3 is 2.48 bits per heavy atom. The highest BCUT2D eigenvalue weighted by molar-refractivity contribution is 5.46. The third kappa shape index (κ3) is 3.21. The Labute approximate surface area is 124 Å². The molecule has 0 spiro atoms. The zero-order valence-corrected chi connectivity index (χ0v) is 12.7. The quantitative estimate of drug-likeness (QED) is 0.604. The maximum Gasteiger partial charge on any atom is 0.161 e. The number of hydrogen-bond acceptors (Lipinski definition) is 2. The number of aryl methyl sites for hydroxylation is 2. The first-order chi connectivity index (χ1) is 10.1. The van der Waals surface area contributed by atoms with Crippen LogP contribution in [0.25, 0.3) is 5.69 Å². The van der Waals surface area contributed by atoms with Crippen molar-refractivity contribution >= 4 is 0 Å². The lowest BCUT2D eigenvalue weighted by Crippen LogP contribution is -2.02. The van der Waals surface area contributed by atoms with Crippen molar-refractivity contribution in [1.82, 2.24) is 9.78 Å². The Balaban J connectivity index is 2.30. The second kappa shape index (κ2) is 6.39. The van der Waals surface area contributed by atoms with Crippen LogP contribution in [0.3, 0.4) is 0 Å². The summed E-state index contributed by atoms with van der Waals surface area (Å²) in [5.74, 6) is 0.452. The van der Waals surface area contributed by atoms with E-state index in [0.29, 0.717) is 5.75 Å². The highest BCUT2D eigenvalue weighted by atomic mass is 19.1. The van der Waals surface area contributed by atoms with Gasteiger partial charge < -0.3 is 4.74 Å². The molecule has 2 aromatic rings. The Kier molecular flexibility index (Phi) is 4.58. The molecule has 0 fully saturated rings. The van der Waals surface area contributed by atoms with E-state index in [9.17, 15) is 4.39 Å². The van der Waals surface area contributed by atoms with Gasteiger partial charge in [-0.25, -0.2) is 9.07 Å². The third-order valence-electron chi connectivity index (χ3n) is 3.21. The van der Waals surface area contributed by atoms with Crippen molar-refractivity contribution in [2.24, 2.45) is 0 Å². The molecule has 0 aliphatic rings. The van der Waals surface area contributed by atoms with Crippen molar-refractivity contribution in [2.45, 2.75) is 27.7 Å². The maximum atomic E-state index is 13.6. The fourth-order valence-electron chi connectivity index (χ4n) is 2.07. The van der Waals surface area contributed by atoms with Gasteiger partial charge in [0.15, 0.2) is 11.6 Å². The highest BCUT2D eigenvalue weighted by Gasteiger charge is 2.09. The molecular formula is C17H19FN2O. The number of hydrogen-bond donors (Lipinski definition) is 0. The first kappa shape index (κ1) is 15.0. The highest BCUT2D eigenvalue weighted by Crippen LogP contribution is 2.24. The molecule has 0 aliphatic carbocycles. The SMILES string of the molecule is C/C=C(F)\C(=C/C)Oc1ccc(-n2nccc2C)c(C)c1. The zero-order chi connectivity index (χ0) is 15.4. The third-order valence-corrected chi connectivity index (χ3v) is 3.21. The van der Waals surface area contributed by atoms with E-state index < -0.39 is 0 Å². The zero-order valence-electron chi connectivity index (χ0n) is 12.7. The van der Waals surface area contributed by atoms with E-state index in [1.165, 1.54) is 6.08 Å². The van der Waals surface area contributed by atoms with Crippen molar-refractivity contribution in [1.29, 1.82) is 0 Å². The lowest BCUT2D eigenvalue weighted by molar-refractivity contribution is 0.401. The van der Waals surface area contributed by atoms with E-state index in [4.69, 9.17) is 4.74 Å². The molecule has 0 unspecified atom stereocenters. The molecule has 0 atom stereocenters. The van der Waals surface area contributed by atoms with Crippen molar-refractivity contribution in [2.75, 3.05) is 0 Å². The fourth-order valence-corrected chi connectivity index (χ4v) is 2.07. The number of nitrogens with zero attached hydrogens (tertiary/aromatic N) is 2. The van der Waals surface area contributed by atoms with E-state index in [-0.39, 0.29) is 11.6 Å². The van der Waals surface area contributed by atoms with Crippen LogP contribution >= 0.6 is 0 Å². The molecule has 0 saturated heterocycles. The fraction of sp³-hybridized carbons (Fsp3) is 0.235. The van der Waals surface area contributed by atoms with Gasteiger partial charge in [-0.2, -0.15) is 5.10 Å². The van der Waals surface area contributed by atoms with Crippen LogP contribution in [-0.4, -0.2) is 9.78 Å². The number of aromatic nitrogens is 2.